The van der Waals surface area contributed by atoms with Crippen LogP contribution in [0.5, 0.6) is 0 Å². The smallest absolute Gasteiger partial charge is 0.380 e. The summed E-state index contributed by atoms with van der Waals surface area (Å²) in [6, 6.07) is 12.0. The Morgan fingerprint density at radius 1 is 1.12 bits per heavy atom. The predicted octanol–water partition coefficient (Wildman–Crippen LogP) is 6.50. The summed E-state index contributed by atoms with van der Waals surface area (Å²) in [5.41, 5.74) is 6.31. The number of hydrogen-bond donors (Lipinski definition) is 2. The van der Waals surface area contributed by atoms with Gasteiger partial charge in [0.15, 0.2) is 0 Å². The highest BCUT2D eigenvalue weighted by Gasteiger charge is 2.36. The van der Waals surface area contributed by atoms with Gasteiger partial charge in [0.25, 0.3) is 0 Å². The molecule has 0 unspecified atom stereocenters. The van der Waals surface area contributed by atoms with Crippen molar-refractivity contribution in [2.24, 2.45) is 5.92 Å². The van der Waals surface area contributed by atoms with Crippen molar-refractivity contribution in [1.29, 1.82) is 0 Å². The molecule has 8 heteroatoms. The van der Waals surface area contributed by atoms with Crippen LogP contribution in [-0.4, -0.2) is 24.2 Å². The first-order valence-corrected chi connectivity index (χ1v) is 11.9. The number of anilines is 1. The molecule has 2 aromatic carbocycles. The van der Waals surface area contributed by atoms with E-state index in [-0.39, 0.29) is 6.42 Å². The van der Waals surface area contributed by atoms with Gasteiger partial charge in [-0.3, -0.25) is 0 Å². The Morgan fingerprint density at radius 3 is 2.62 bits per heavy atom. The topological polar surface area (TPSA) is 37.0 Å². The third kappa shape index (κ3) is 5.45. The van der Waals surface area contributed by atoms with Crippen molar-refractivity contribution < 1.29 is 13.2 Å². The minimum atomic E-state index is -4.20. The molecule has 0 saturated heterocycles. The number of halogens is 4. The second kappa shape index (κ2) is 9.81. The third-order valence-electron chi connectivity index (χ3n) is 5.79. The Hall–Kier alpha value is -2.09. The molecule has 1 aromatic heterocycles. The maximum atomic E-state index is 12.8. The van der Waals surface area contributed by atoms with Crippen LogP contribution in [0.3, 0.4) is 0 Å². The van der Waals surface area contributed by atoms with Crippen molar-refractivity contribution in [3.63, 3.8) is 0 Å². The first kappa shape index (κ1) is 23.1. The van der Waals surface area contributed by atoms with Gasteiger partial charge >= 0.3 is 6.18 Å². The standard InChI is InChI=1S/C24H25ClF3N3S/c1-15(24(26,27)28)12-22-31-21(14-32-22)18-4-2-16(3-5-18)13-30-23-19-9-11-29-10-8-17(19)6-7-20(23)25/h2-7,14-15,29-30H,8-13H2,1H3/t15-/m1/s1. The lowest BCUT2D eigenvalue weighted by atomic mass is 10.0. The molecule has 0 aliphatic carbocycles. The van der Waals surface area contributed by atoms with E-state index in [9.17, 15) is 13.2 Å². The fourth-order valence-corrected chi connectivity index (χ4v) is 5.01. The molecule has 0 bridgehead atoms. The van der Waals surface area contributed by atoms with Crippen LogP contribution in [0.1, 0.15) is 28.6 Å². The molecule has 0 radical (unpaired) electrons. The lowest BCUT2D eigenvalue weighted by Crippen LogP contribution is -2.21. The number of fused-ring (bicyclic) bond motifs is 1. The highest BCUT2D eigenvalue weighted by Crippen LogP contribution is 2.32. The van der Waals surface area contributed by atoms with E-state index in [2.05, 4.69) is 21.7 Å². The summed E-state index contributed by atoms with van der Waals surface area (Å²) in [5, 5.41) is 9.98. The minimum absolute atomic E-state index is 0.0894. The quantitative estimate of drug-likeness (QED) is 0.423. The van der Waals surface area contributed by atoms with Crippen molar-refractivity contribution in [2.45, 2.75) is 38.9 Å². The van der Waals surface area contributed by atoms with Gasteiger partial charge in [-0.2, -0.15) is 13.2 Å². The summed E-state index contributed by atoms with van der Waals surface area (Å²) in [4.78, 5) is 4.41. The molecule has 3 nitrogen and oxygen atoms in total. The third-order valence-corrected chi connectivity index (χ3v) is 6.98. The van der Waals surface area contributed by atoms with Gasteiger partial charge in [-0.15, -0.1) is 11.3 Å². The molecule has 1 aliphatic heterocycles. The van der Waals surface area contributed by atoms with E-state index in [0.29, 0.717) is 17.2 Å². The first-order valence-electron chi connectivity index (χ1n) is 10.7. The molecule has 0 fully saturated rings. The zero-order chi connectivity index (χ0) is 22.7. The second-order valence-corrected chi connectivity index (χ2v) is 9.48. The van der Waals surface area contributed by atoms with Crippen molar-refractivity contribution in [2.75, 3.05) is 18.4 Å². The molecule has 2 N–H and O–H groups in total. The van der Waals surface area contributed by atoms with Crippen molar-refractivity contribution in [3.05, 3.63) is 68.5 Å². The number of nitrogens with one attached hydrogen (secondary N) is 2. The molecule has 0 spiro atoms. The van der Waals surface area contributed by atoms with Gasteiger partial charge in [-0.1, -0.05) is 48.9 Å². The molecule has 3 aromatic rings. The fourth-order valence-electron chi connectivity index (χ4n) is 3.83. The van der Waals surface area contributed by atoms with Crippen LogP contribution in [0, 0.1) is 5.92 Å². The van der Waals surface area contributed by atoms with Gasteiger partial charge in [0, 0.05) is 23.9 Å². The fraction of sp³-hybridized carbons (Fsp3) is 0.375. The van der Waals surface area contributed by atoms with E-state index in [4.69, 9.17) is 11.6 Å². The SMILES string of the molecule is C[C@H](Cc1nc(-c2ccc(CNc3c(Cl)ccc4c3CCNCC4)cc2)cs1)C(F)(F)F. The van der Waals surface area contributed by atoms with E-state index < -0.39 is 12.1 Å². The molecule has 1 atom stereocenters. The van der Waals surface area contributed by atoms with Crippen molar-refractivity contribution in [3.8, 4) is 11.3 Å². The molecule has 0 saturated carbocycles. The van der Waals surface area contributed by atoms with Crippen LogP contribution in [-0.2, 0) is 25.8 Å². The van der Waals surface area contributed by atoms with E-state index >= 15 is 0 Å². The van der Waals surface area contributed by atoms with Gasteiger partial charge in [0.1, 0.15) is 0 Å². The zero-order valence-electron chi connectivity index (χ0n) is 17.7. The molecule has 1 aliphatic rings. The average Bonchev–Trinajstić information content (AvgIpc) is 3.09. The van der Waals surface area contributed by atoms with Crippen molar-refractivity contribution >= 4 is 28.6 Å². The first-order chi connectivity index (χ1) is 15.3. The summed E-state index contributed by atoms with van der Waals surface area (Å²) >= 11 is 7.77. The predicted molar refractivity (Wildman–Crippen MR) is 126 cm³/mol. The Kier molecular flexibility index (Phi) is 7.08. The summed E-state index contributed by atoms with van der Waals surface area (Å²) in [6.07, 6.45) is -2.35. The monoisotopic (exact) mass is 479 g/mol. The number of aromatic nitrogens is 1. The number of nitrogens with zero attached hydrogens (tertiary/aromatic N) is 1. The Labute approximate surface area is 195 Å². The van der Waals surface area contributed by atoms with E-state index in [1.165, 1.54) is 29.4 Å². The lowest BCUT2D eigenvalue weighted by Gasteiger charge is -2.16. The summed E-state index contributed by atoms with van der Waals surface area (Å²) in [5.74, 6) is -1.40. The van der Waals surface area contributed by atoms with Gasteiger partial charge in [0.2, 0.25) is 0 Å². The number of rotatable bonds is 6. The molecule has 4 rings (SSSR count). The molecule has 0 amide bonds. The summed E-state index contributed by atoms with van der Waals surface area (Å²) in [6.45, 7) is 3.74. The molecular weight excluding hydrogens is 455 g/mol. The molecule has 170 valence electrons. The summed E-state index contributed by atoms with van der Waals surface area (Å²) < 4.78 is 38.4. The second-order valence-electron chi connectivity index (χ2n) is 8.13. The molecular formula is C24H25ClF3N3S. The number of thiazole rings is 1. The number of alkyl halides is 3. The number of hydrogen-bond acceptors (Lipinski definition) is 4. The van der Waals surface area contributed by atoms with Gasteiger partial charge in [-0.25, -0.2) is 4.98 Å². The van der Waals surface area contributed by atoms with E-state index in [1.54, 1.807) is 0 Å². The Balaban J connectivity index is 1.42. The highest BCUT2D eigenvalue weighted by molar-refractivity contribution is 7.09. The Bertz CT molecular complexity index is 1060. The van der Waals surface area contributed by atoms with Crippen LogP contribution in [0.15, 0.2) is 41.8 Å². The van der Waals surface area contributed by atoms with Crippen molar-refractivity contribution in [1.82, 2.24) is 10.3 Å². The molecule has 2 heterocycles. The maximum Gasteiger partial charge on any atom is 0.391 e. The number of benzene rings is 2. The zero-order valence-corrected chi connectivity index (χ0v) is 19.3. The highest BCUT2D eigenvalue weighted by atomic mass is 35.5. The molecule has 32 heavy (non-hydrogen) atoms. The maximum absolute atomic E-state index is 12.8. The normalized spacial score (nSPS) is 15.2. The lowest BCUT2D eigenvalue weighted by molar-refractivity contribution is -0.169. The van der Waals surface area contributed by atoms with E-state index in [0.717, 1.165) is 47.8 Å². The van der Waals surface area contributed by atoms with Crippen LogP contribution in [0.25, 0.3) is 11.3 Å². The van der Waals surface area contributed by atoms with Crippen LogP contribution in [0.2, 0.25) is 5.02 Å². The Morgan fingerprint density at radius 2 is 1.88 bits per heavy atom. The van der Waals surface area contributed by atoms with Crippen LogP contribution >= 0.6 is 22.9 Å². The minimum Gasteiger partial charge on any atom is -0.380 e. The van der Waals surface area contributed by atoms with Crippen LogP contribution in [0.4, 0.5) is 18.9 Å². The average molecular weight is 480 g/mol. The van der Waals surface area contributed by atoms with Crippen LogP contribution < -0.4 is 10.6 Å². The summed E-state index contributed by atoms with van der Waals surface area (Å²) in [7, 11) is 0. The van der Waals surface area contributed by atoms with Gasteiger partial charge < -0.3 is 10.6 Å². The largest absolute Gasteiger partial charge is 0.391 e. The van der Waals surface area contributed by atoms with E-state index in [1.807, 2.05) is 35.7 Å². The van der Waals surface area contributed by atoms with Gasteiger partial charge in [0.05, 0.1) is 27.3 Å². The van der Waals surface area contributed by atoms with Gasteiger partial charge in [-0.05, 0) is 48.7 Å².